The summed E-state index contributed by atoms with van der Waals surface area (Å²) in [6.45, 7) is 2.69. The molecule has 114 valence electrons. The van der Waals surface area contributed by atoms with Crippen LogP contribution in [0.25, 0.3) is 0 Å². The molecular formula is C13H19N5O3. The highest BCUT2D eigenvalue weighted by molar-refractivity contribution is 5.80. The quantitative estimate of drug-likeness (QED) is 0.770. The predicted octanol–water partition coefficient (Wildman–Crippen LogP) is 0.722. The van der Waals surface area contributed by atoms with E-state index in [1.54, 1.807) is 30.3 Å². The van der Waals surface area contributed by atoms with Crippen LogP contribution in [0.3, 0.4) is 0 Å². The SMILES string of the molecule is CC[C@@H](C(=O)NCCc1nc(COC)no1)n1cccn1. The number of amides is 1. The molecule has 0 spiro atoms. The first-order valence-electron chi connectivity index (χ1n) is 6.81. The Morgan fingerprint density at radius 2 is 2.43 bits per heavy atom. The van der Waals surface area contributed by atoms with Gasteiger partial charge >= 0.3 is 0 Å². The minimum absolute atomic E-state index is 0.0715. The zero-order chi connectivity index (χ0) is 15.1. The first-order valence-corrected chi connectivity index (χ1v) is 6.81. The third-order valence-electron chi connectivity index (χ3n) is 2.96. The molecule has 1 amide bonds. The largest absolute Gasteiger partial charge is 0.377 e. The van der Waals surface area contributed by atoms with Gasteiger partial charge in [-0.1, -0.05) is 12.1 Å². The Balaban J connectivity index is 1.80. The molecule has 8 nitrogen and oxygen atoms in total. The van der Waals surface area contributed by atoms with Gasteiger partial charge in [0.2, 0.25) is 11.8 Å². The van der Waals surface area contributed by atoms with Crippen molar-refractivity contribution < 1.29 is 14.1 Å². The summed E-state index contributed by atoms with van der Waals surface area (Å²) in [7, 11) is 1.57. The highest BCUT2D eigenvalue weighted by Gasteiger charge is 2.18. The first-order chi connectivity index (χ1) is 10.2. The zero-order valence-corrected chi connectivity index (χ0v) is 12.2. The lowest BCUT2D eigenvalue weighted by Crippen LogP contribution is -2.33. The summed E-state index contributed by atoms with van der Waals surface area (Å²) in [5.74, 6) is 0.911. The van der Waals surface area contributed by atoms with E-state index in [1.807, 2.05) is 6.92 Å². The molecular weight excluding hydrogens is 274 g/mol. The van der Waals surface area contributed by atoms with E-state index in [2.05, 4.69) is 20.6 Å². The summed E-state index contributed by atoms with van der Waals surface area (Å²) < 4.78 is 11.6. The van der Waals surface area contributed by atoms with Crippen LogP contribution in [0, 0.1) is 0 Å². The summed E-state index contributed by atoms with van der Waals surface area (Å²) in [5, 5.41) is 10.7. The number of ether oxygens (including phenoxy) is 1. The lowest BCUT2D eigenvalue weighted by atomic mass is 10.2. The highest BCUT2D eigenvalue weighted by atomic mass is 16.5. The molecule has 21 heavy (non-hydrogen) atoms. The van der Waals surface area contributed by atoms with E-state index in [0.29, 0.717) is 37.7 Å². The maximum atomic E-state index is 12.1. The standard InChI is InChI=1S/C13H19N5O3/c1-3-10(18-8-4-6-15-18)13(19)14-7-5-12-16-11(9-20-2)17-21-12/h4,6,8,10H,3,5,7,9H2,1-2H3,(H,14,19)/t10-/m0/s1. The molecule has 0 radical (unpaired) electrons. The molecule has 0 saturated carbocycles. The number of nitrogens with zero attached hydrogens (tertiary/aromatic N) is 4. The average Bonchev–Trinajstić information content (AvgIpc) is 3.12. The van der Waals surface area contributed by atoms with Crippen LogP contribution < -0.4 is 5.32 Å². The van der Waals surface area contributed by atoms with E-state index in [-0.39, 0.29) is 11.9 Å². The van der Waals surface area contributed by atoms with Crippen LogP contribution in [-0.2, 0) is 22.6 Å². The van der Waals surface area contributed by atoms with Crippen LogP contribution in [-0.4, -0.2) is 39.5 Å². The summed E-state index contributed by atoms with van der Waals surface area (Å²) in [6, 6.07) is 1.50. The first kappa shape index (κ1) is 15.2. The molecule has 0 bridgehead atoms. The Morgan fingerprint density at radius 1 is 1.57 bits per heavy atom. The van der Waals surface area contributed by atoms with E-state index in [9.17, 15) is 4.79 Å². The van der Waals surface area contributed by atoms with Crippen molar-refractivity contribution in [2.75, 3.05) is 13.7 Å². The lowest BCUT2D eigenvalue weighted by molar-refractivity contribution is -0.124. The van der Waals surface area contributed by atoms with Crippen molar-refractivity contribution in [1.29, 1.82) is 0 Å². The van der Waals surface area contributed by atoms with E-state index in [4.69, 9.17) is 9.26 Å². The van der Waals surface area contributed by atoms with Crippen molar-refractivity contribution in [3.05, 3.63) is 30.2 Å². The number of aromatic nitrogens is 4. The molecule has 0 aliphatic heterocycles. The molecule has 0 aromatic carbocycles. The van der Waals surface area contributed by atoms with E-state index >= 15 is 0 Å². The summed E-state index contributed by atoms with van der Waals surface area (Å²) in [6.07, 6.45) is 4.60. The van der Waals surface area contributed by atoms with Gasteiger partial charge in [-0.25, -0.2) is 0 Å². The molecule has 1 N–H and O–H groups in total. The molecule has 2 aromatic rings. The van der Waals surface area contributed by atoms with E-state index < -0.39 is 0 Å². The van der Waals surface area contributed by atoms with Crippen molar-refractivity contribution in [3.8, 4) is 0 Å². The number of carbonyl (C=O) groups is 1. The minimum atomic E-state index is -0.299. The van der Waals surface area contributed by atoms with Gasteiger partial charge in [-0.15, -0.1) is 0 Å². The van der Waals surface area contributed by atoms with Crippen LogP contribution in [0.15, 0.2) is 23.0 Å². The fourth-order valence-electron chi connectivity index (χ4n) is 1.95. The van der Waals surface area contributed by atoms with Gasteiger partial charge in [0.25, 0.3) is 0 Å². The smallest absolute Gasteiger partial charge is 0.244 e. The van der Waals surface area contributed by atoms with Crippen molar-refractivity contribution in [3.63, 3.8) is 0 Å². The third-order valence-corrected chi connectivity index (χ3v) is 2.96. The molecule has 2 heterocycles. The molecule has 0 saturated heterocycles. The second kappa shape index (κ2) is 7.53. The van der Waals surface area contributed by atoms with E-state index in [0.717, 1.165) is 0 Å². The van der Waals surface area contributed by atoms with Crippen molar-refractivity contribution >= 4 is 5.91 Å². The number of carbonyl (C=O) groups excluding carboxylic acids is 1. The van der Waals surface area contributed by atoms with Gasteiger partial charge in [-0.3, -0.25) is 9.48 Å². The van der Waals surface area contributed by atoms with Gasteiger partial charge in [0, 0.05) is 32.5 Å². The Labute approximate surface area is 122 Å². The van der Waals surface area contributed by atoms with Crippen LogP contribution in [0.5, 0.6) is 0 Å². The van der Waals surface area contributed by atoms with Crippen LogP contribution >= 0.6 is 0 Å². The van der Waals surface area contributed by atoms with Crippen LogP contribution in [0.2, 0.25) is 0 Å². The maximum Gasteiger partial charge on any atom is 0.244 e. The normalized spacial score (nSPS) is 12.3. The topological polar surface area (TPSA) is 95.1 Å². The molecule has 1 atom stereocenters. The molecule has 0 aliphatic carbocycles. The number of hydrogen-bond donors (Lipinski definition) is 1. The van der Waals surface area contributed by atoms with Crippen molar-refractivity contribution in [1.82, 2.24) is 25.2 Å². The van der Waals surface area contributed by atoms with Crippen molar-refractivity contribution in [2.45, 2.75) is 32.4 Å². The van der Waals surface area contributed by atoms with Gasteiger partial charge in [-0.2, -0.15) is 10.1 Å². The van der Waals surface area contributed by atoms with Gasteiger partial charge in [0.15, 0.2) is 5.82 Å². The van der Waals surface area contributed by atoms with E-state index in [1.165, 1.54) is 0 Å². The maximum absolute atomic E-state index is 12.1. The molecule has 2 aromatic heterocycles. The Morgan fingerprint density at radius 3 is 3.10 bits per heavy atom. The Hall–Kier alpha value is -2.22. The van der Waals surface area contributed by atoms with Gasteiger partial charge in [0.05, 0.1) is 0 Å². The zero-order valence-electron chi connectivity index (χ0n) is 12.2. The monoisotopic (exact) mass is 293 g/mol. The minimum Gasteiger partial charge on any atom is -0.377 e. The fourth-order valence-corrected chi connectivity index (χ4v) is 1.95. The molecule has 2 rings (SSSR count). The predicted molar refractivity (Wildman–Crippen MR) is 73.3 cm³/mol. The number of methoxy groups -OCH3 is 1. The second-order valence-electron chi connectivity index (χ2n) is 4.49. The number of rotatable bonds is 8. The summed E-state index contributed by atoms with van der Waals surface area (Å²) >= 11 is 0. The molecule has 8 heteroatoms. The van der Waals surface area contributed by atoms with Gasteiger partial charge in [0.1, 0.15) is 12.6 Å². The Kier molecular flexibility index (Phi) is 5.44. The lowest BCUT2D eigenvalue weighted by Gasteiger charge is -2.14. The average molecular weight is 293 g/mol. The Bertz CT molecular complexity index is 552. The van der Waals surface area contributed by atoms with Crippen LogP contribution in [0.1, 0.15) is 31.1 Å². The third kappa shape index (κ3) is 4.12. The fraction of sp³-hybridized carbons (Fsp3) is 0.538. The summed E-state index contributed by atoms with van der Waals surface area (Å²) in [4.78, 5) is 16.3. The molecule has 0 fully saturated rings. The number of nitrogens with one attached hydrogen (secondary N) is 1. The molecule has 0 unspecified atom stereocenters. The summed E-state index contributed by atoms with van der Waals surface area (Å²) in [5.41, 5.74) is 0. The highest BCUT2D eigenvalue weighted by Crippen LogP contribution is 2.09. The van der Waals surface area contributed by atoms with Gasteiger partial charge < -0.3 is 14.6 Å². The second-order valence-corrected chi connectivity index (χ2v) is 4.49. The van der Waals surface area contributed by atoms with Gasteiger partial charge in [-0.05, 0) is 12.5 Å². The number of hydrogen-bond acceptors (Lipinski definition) is 6. The van der Waals surface area contributed by atoms with Crippen molar-refractivity contribution in [2.24, 2.45) is 0 Å². The van der Waals surface area contributed by atoms with Crippen LogP contribution in [0.4, 0.5) is 0 Å². The molecule has 0 aliphatic rings.